The topological polar surface area (TPSA) is 55.1 Å². The zero-order valence-corrected chi connectivity index (χ0v) is 31.5. The Kier molecular flexibility index (Phi) is 7.45. The van der Waals surface area contributed by atoms with Crippen molar-refractivity contribution in [1.82, 2.24) is 15.0 Å². The van der Waals surface area contributed by atoms with Gasteiger partial charge in [-0.2, -0.15) is 0 Å². The Morgan fingerprint density at radius 1 is 0.404 bits per heavy atom. The van der Waals surface area contributed by atoms with Crippen LogP contribution in [0.2, 0.25) is 0 Å². The molecule has 57 heavy (non-hydrogen) atoms. The van der Waals surface area contributed by atoms with Gasteiger partial charge in [-0.3, -0.25) is 0 Å². The smallest absolute Gasteiger partial charge is 0.164 e. The molecule has 0 saturated heterocycles. The van der Waals surface area contributed by atoms with E-state index in [-0.39, 0.29) is 5.41 Å². The van der Waals surface area contributed by atoms with Crippen LogP contribution >= 0.6 is 0 Å². The fraction of sp³-hybridized carbons (Fsp3) is 0.0577. The maximum atomic E-state index is 6.63. The molecule has 0 bridgehead atoms. The van der Waals surface area contributed by atoms with E-state index in [4.69, 9.17) is 19.4 Å². The van der Waals surface area contributed by atoms with Gasteiger partial charge in [0, 0.05) is 56.0 Å². The van der Waals surface area contributed by atoms with Crippen molar-refractivity contribution in [3.8, 4) is 45.3 Å². The Bertz CT molecular complexity index is 3110. The van der Waals surface area contributed by atoms with Gasteiger partial charge in [0.05, 0.1) is 0 Å². The fourth-order valence-electron chi connectivity index (χ4n) is 8.59. The number of benzene rings is 8. The average Bonchev–Trinajstić information content (AvgIpc) is 3.74. The van der Waals surface area contributed by atoms with Crippen LogP contribution in [0.15, 0.2) is 186 Å². The van der Waals surface area contributed by atoms with E-state index in [2.05, 4.69) is 128 Å². The lowest BCUT2D eigenvalue weighted by molar-refractivity contribution is 0.660. The number of rotatable bonds is 6. The molecule has 11 rings (SSSR count). The normalized spacial score (nSPS) is 12.9. The van der Waals surface area contributed by atoms with E-state index >= 15 is 0 Å². The van der Waals surface area contributed by atoms with E-state index in [1.54, 1.807) is 0 Å². The van der Waals surface area contributed by atoms with Crippen molar-refractivity contribution in [3.05, 3.63) is 193 Å². The van der Waals surface area contributed by atoms with Crippen LogP contribution in [-0.2, 0) is 5.41 Å². The lowest BCUT2D eigenvalue weighted by Gasteiger charge is -2.27. The first kappa shape index (κ1) is 33.0. The molecule has 0 radical (unpaired) electrons. The van der Waals surface area contributed by atoms with Crippen LogP contribution in [-0.4, -0.2) is 15.0 Å². The molecule has 1 aliphatic rings. The number of nitrogens with zero attached hydrogens (tertiary/aromatic N) is 4. The molecule has 0 aliphatic heterocycles. The lowest BCUT2D eigenvalue weighted by atomic mass is 9.82. The van der Waals surface area contributed by atoms with E-state index < -0.39 is 0 Å². The monoisotopic (exact) mass is 732 g/mol. The van der Waals surface area contributed by atoms with Gasteiger partial charge < -0.3 is 9.32 Å². The van der Waals surface area contributed by atoms with Gasteiger partial charge in [-0.05, 0) is 87.6 Å². The van der Waals surface area contributed by atoms with E-state index in [9.17, 15) is 0 Å². The molecule has 0 amide bonds. The second-order valence-electron chi connectivity index (χ2n) is 15.3. The standard InChI is InChI=1S/C52H36N4O/c1-52(2)45-20-12-11-19-41(45)43-31-39(25-27-46(43)52)56(38-23-21-33-13-9-10-18-36(33)29-38)40-24-26-42-44-30-37(22-28-47(44)57-48(42)32-40)51-54-49(34-14-5-3-6-15-34)53-50(55-51)35-16-7-4-8-17-35/h3-32H,1-2H3. The first-order valence-electron chi connectivity index (χ1n) is 19.3. The Balaban J connectivity index is 1.05. The van der Waals surface area contributed by atoms with Gasteiger partial charge in [0.1, 0.15) is 11.2 Å². The molecule has 0 atom stereocenters. The maximum absolute atomic E-state index is 6.63. The second kappa shape index (κ2) is 12.9. The van der Waals surface area contributed by atoms with Crippen molar-refractivity contribution in [3.63, 3.8) is 0 Å². The van der Waals surface area contributed by atoms with E-state index in [1.807, 2.05) is 72.8 Å². The van der Waals surface area contributed by atoms with Crippen LogP contribution in [0.4, 0.5) is 17.1 Å². The van der Waals surface area contributed by atoms with Crippen molar-refractivity contribution >= 4 is 49.8 Å². The summed E-state index contributed by atoms with van der Waals surface area (Å²) in [6.45, 7) is 4.65. The van der Waals surface area contributed by atoms with Crippen LogP contribution in [0, 0.1) is 0 Å². The molecule has 1 aliphatic carbocycles. The minimum absolute atomic E-state index is 0.0716. The van der Waals surface area contributed by atoms with Gasteiger partial charge in [0.25, 0.3) is 0 Å². The molecule has 8 aromatic carbocycles. The number of fused-ring (bicyclic) bond motifs is 7. The van der Waals surface area contributed by atoms with Crippen molar-refractivity contribution in [2.24, 2.45) is 0 Å². The molecule has 5 nitrogen and oxygen atoms in total. The van der Waals surface area contributed by atoms with Crippen LogP contribution in [0.3, 0.4) is 0 Å². The summed E-state index contributed by atoms with van der Waals surface area (Å²) in [7, 11) is 0. The van der Waals surface area contributed by atoms with Crippen molar-refractivity contribution < 1.29 is 4.42 Å². The molecule has 5 heteroatoms. The summed E-state index contributed by atoms with van der Waals surface area (Å²) in [6, 6.07) is 63.8. The number of furan rings is 1. The number of hydrogen-bond donors (Lipinski definition) is 0. The SMILES string of the molecule is CC1(C)c2ccccc2-c2cc(N(c3ccc4ccccc4c3)c3ccc4c(c3)oc3ccc(-c5nc(-c6ccccc6)nc(-c6ccccc6)n5)cc34)ccc21. The minimum atomic E-state index is -0.0716. The fourth-order valence-corrected chi connectivity index (χ4v) is 8.59. The third kappa shape index (κ3) is 5.50. The molecule has 0 saturated carbocycles. The molecular weight excluding hydrogens is 697 g/mol. The molecule has 0 fully saturated rings. The summed E-state index contributed by atoms with van der Waals surface area (Å²) in [5.41, 5.74) is 12.8. The van der Waals surface area contributed by atoms with Gasteiger partial charge in [-0.15, -0.1) is 0 Å². The largest absolute Gasteiger partial charge is 0.456 e. The predicted molar refractivity (Wildman–Crippen MR) is 233 cm³/mol. The molecule has 2 aromatic heterocycles. The summed E-state index contributed by atoms with van der Waals surface area (Å²) in [4.78, 5) is 17.2. The lowest BCUT2D eigenvalue weighted by Crippen LogP contribution is -2.15. The Morgan fingerprint density at radius 3 is 1.74 bits per heavy atom. The van der Waals surface area contributed by atoms with E-state index in [1.165, 1.54) is 33.0 Å². The zero-order valence-electron chi connectivity index (χ0n) is 31.5. The molecule has 10 aromatic rings. The van der Waals surface area contributed by atoms with Crippen molar-refractivity contribution in [1.29, 1.82) is 0 Å². The van der Waals surface area contributed by atoms with Crippen molar-refractivity contribution in [2.75, 3.05) is 4.90 Å². The third-order valence-corrected chi connectivity index (χ3v) is 11.5. The van der Waals surface area contributed by atoms with Gasteiger partial charge in [-0.25, -0.2) is 15.0 Å². The highest BCUT2D eigenvalue weighted by Gasteiger charge is 2.35. The van der Waals surface area contributed by atoms with E-state index in [0.717, 1.165) is 55.7 Å². The minimum Gasteiger partial charge on any atom is -0.456 e. The highest BCUT2D eigenvalue weighted by atomic mass is 16.3. The van der Waals surface area contributed by atoms with Crippen molar-refractivity contribution in [2.45, 2.75) is 19.3 Å². The predicted octanol–water partition coefficient (Wildman–Crippen LogP) is 13.7. The molecule has 0 spiro atoms. The van der Waals surface area contributed by atoms with Crippen LogP contribution in [0.5, 0.6) is 0 Å². The highest BCUT2D eigenvalue weighted by molar-refractivity contribution is 6.07. The van der Waals surface area contributed by atoms with Crippen LogP contribution < -0.4 is 4.90 Å². The molecule has 0 unspecified atom stereocenters. The highest BCUT2D eigenvalue weighted by Crippen LogP contribution is 2.51. The second-order valence-corrected chi connectivity index (χ2v) is 15.3. The first-order chi connectivity index (χ1) is 28.0. The summed E-state index contributed by atoms with van der Waals surface area (Å²) < 4.78 is 6.63. The summed E-state index contributed by atoms with van der Waals surface area (Å²) in [5, 5.41) is 4.43. The summed E-state index contributed by atoms with van der Waals surface area (Å²) >= 11 is 0. The maximum Gasteiger partial charge on any atom is 0.164 e. The van der Waals surface area contributed by atoms with E-state index in [0.29, 0.717) is 17.5 Å². The number of aromatic nitrogens is 3. The number of anilines is 3. The molecule has 2 heterocycles. The van der Waals surface area contributed by atoms with Gasteiger partial charge >= 0.3 is 0 Å². The zero-order chi connectivity index (χ0) is 38.1. The Labute approximate surface area is 330 Å². The molecule has 0 N–H and O–H groups in total. The quantitative estimate of drug-likeness (QED) is 0.170. The van der Waals surface area contributed by atoms with Gasteiger partial charge in [-0.1, -0.05) is 135 Å². The summed E-state index contributed by atoms with van der Waals surface area (Å²) in [5.74, 6) is 1.88. The van der Waals surface area contributed by atoms with Gasteiger partial charge in [0.15, 0.2) is 17.5 Å². The summed E-state index contributed by atoms with van der Waals surface area (Å²) in [6.07, 6.45) is 0. The average molecular weight is 733 g/mol. The van der Waals surface area contributed by atoms with Gasteiger partial charge in [0.2, 0.25) is 0 Å². The Hall–Kier alpha value is -7.37. The third-order valence-electron chi connectivity index (χ3n) is 11.5. The Morgan fingerprint density at radius 2 is 0.982 bits per heavy atom. The first-order valence-corrected chi connectivity index (χ1v) is 19.3. The molecular formula is C52H36N4O. The molecule has 270 valence electrons. The number of hydrogen-bond acceptors (Lipinski definition) is 5. The van der Waals surface area contributed by atoms with Crippen LogP contribution in [0.25, 0.3) is 78.0 Å². The van der Waals surface area contributed by atoms with Crippen LogP contribution in [0.1, 0.15) is 25.0 Å².